The van der Waals surface area contributed by atoms with E-state index < -0.39 is 10.0 Å². The molecule has 3 aromatic rings. The summed E-state index contributed by atoms with van der Waals surface area (Å²) in [4.78, 5) is 7.44. The van der Waals surface area contributed by atoms with Gasteiger partial charge in [0.2, 0.25) is 10.0 Å². The van der Waals surface area contributed by atoms with Crippen LogP contribution in [0.4, 0.5) is 0 Å². The van der Waals surface area contributed by atoms with Crippen molar-refractivity contribution in [2.24, 2.45) is 5.92 Å². The third-order valence-corrected chi connectivity index (χ3v) is 6.20. The van der Waals surface area contributed by atoms with Crippen molar-refractivity contribution in [2.45, 2.75) is 19.4 Å². The van der Waals surface area contributed by atoms with Gasteiger partial charge in [-0.3, -0.25) is 4.68 Å². The van der Waals surface area contributed by atoms with Crippen LogP contribution in [0, 0.1) is 5.92 Å². The summed E-state index contributed by atoms with van der Waals surface area (Å²) in [6.07, 6.45) is 10.7. The summed E-state index contributed by atoms with van der Waals surface area (Å²) in [7, 11) is -3.07. The summed E-state index contributed by atoms with van der Waals surface area (Å²) in [6, 6.07) is 4.03. The standard InChI is InChI=1S/C17H21N5O2S/c1-25(23,24)22-8-4-13(5-9-22)11-21-12-14(10-20-21)15-2-6-18-17-16(15)3-7-19-17/h2-3,6-7,10,12-13H,4-5,8-9,11H2,1H3,(H,18,19). The van der Waals surface area contributed by atoms with Crippen LogP contribution in [0.2, 0.25) is 0 Å². The lowest BCUT2D eigenvalue weighted by molar-refractivity contribution is 0.248. The van der Waals surface area contributed by atoms with Gasteiger partial charge in [0.15, 0.2) is 0 Å². The van der Waals surface area contributed by atoms with Crippen molar-refractivity contribution in [1.82, 2.24) is 24.1 Å². The van der Waals surface area contributed by atoms with Gasteiger partial charge in [0, 0.05) is 49.2 Å². The lowest BCUT2D eigenvalue weighted by Crippen LogP contribution is -2.38. The van der Waals surface area contributed by atoms with E-state index in [9.17, 15) is 8.42 Å². The van der Waals surface area contributed by atoms with E-state index in [0.717, 1.165) is 41.5 Å². The number of aromatic nitrogens is 4. The minimum Gasteiger partial charge on any atom is -0.346 e. The third kappa shape index (κ3) is 3.32. The zero-order valence-corrected chi connectivity index (χ0v) is 14.9. The second-order valence-corrected chi connectivity index (χ2v) is 8.64. The number of piperidine rings is 1. The first-order valence-electron chi connectivity index (χ1n) is 8.41. The molecule has 0 atom stereocenters. The van der Waals surface area contributed by atoms with Crippen LogP contribution in [0.1, 0.15) is 12.8 Å². The molecule has 7 nitrogen and oxygen atoms in total. The summed E-state index contributed by atoms with van der Waals surface area (Å²) < 4.78 is 26.7. The first-order chi connectivity index (χ1) is 12.0. The quantitative estimate of drug-likeness (QED) is 0.773. The van der Waals surface area contributed by atoms with E-state index in [-0.39, 0.29) is 0 Å². The molecule has 1 fully saturated rings. The van der Waals surface area contributed by atoms with Gasteiger partial charge in [-0.05, 0) is 36.5 Å². The molecule has 0 radical (unpaired) electrons. The van der Waals surface area contributed by atoms with E-state index in [4.69, 9.17) is 0 Å². The van der Waals surface area contributed by atoms with Crippen LogP contribution in [0.25, 0.3) is 22.2 Å². The molecule has 1 N–H and O–H groups in total. The van der Waals surface area contributed by atoms with Crippen molar-refractivity contribution in [3.63, 3.8) is 0 Å². The van der Waals surface area contributed by atoms with Crippen molar-refractivity contribution in [2.75, 3.05) is 19.3 Å². The number of nitrogens with zero attached hydrogens (tertiary/aromatic N) is 4. The van der Waals surface area contributed by atoms with Gasteiger partial charge in [-0.15, -0.1) is 0 Å². The van der Waals surface area contributed by atoms with E-state index in [1.165, 1.54) is 6.26 Å². The van der Waals surface area contributed by atoms with Gasteiger partial charge in [0.25, 0.3) is 0 Å². The van der Waals surface area contributed by atoms with Crippen molar-refractivity contribution in [3.05, 3.63) is 36.9 Å². The van der Waals surface area contributed by atoms with E-state index in [0.29, 0.717) is 19.0 Å². The lowest BCUT2D eigenvalue weighted by atomic mass is 9.98. The SMILES string of the molecule is CS(=O)(=O)N1CCC(Cn2cc(-c3ccnc4[nH]ccc34)cn2)CC1. The number of hydrogen-bond acceptors (Lipinski definition) is 4. The molecule has 0 aromatic carbocycles. The van der Waals surface area contributed by atoms with Gasteiger partial charge in [0.1, 0.15) is 5.65 Å². The molecule has 132 valence electrons. The van der Waals surface area contributed by atoms with E-state index in [1.54, 1.807) is 10.5 Å². The summed E-state index contributed by atoms with van der Waals surface area (Å²) in [6.45, 7) is 2.02. The Hall–Kier alpha value is -2.19. The molecule has 8 heteroatoms. The Labute approximate surface area is 146 Å². The molecule has 1 aliphatic heterocycles. The Morgan fingerprint density at radius 3 is 2.84 bits per heavy atom. The fourth-order valence-electron chi connectivity index (χ4n) is 3.50. The van der Waals surface area contributed by atoms with Gasteiger partial charge in [-0.2, -0.15) is 5.10 Å². The predicted molar refractivity (Wildman–Crippen MR) is 96.5 cm³/mol. The topological polar surface area (TPSA) is 83.9 Å². The molecule has 0 amide bonds. The lowest BCUT2D eigenvalue weighted by Gasteiger charge is -2.30. The van der Waals surface area contributed by atoms with E-state index in [1.807, 2.05) is 29.2 Å². The van der Waals surface area contributed by atoms with Crippen LogP contribution in [-0.2, 0) is 16.6 Å². The van der Waals surface area contributed by atoms with Gasteiger partial charge in [0.05, 0.1) is 12.5 Å². The molecule has 1 saturated heterocycles. The molecule has 4 rings (SSSR count). The summed E-state index contributed by atoms with van der Waals surface area (Å²) in [5.41, 5.74) is 3.06. The molecule has 0 bridgehead atoms. The van der Waals surface area contributed by atoms with Gasteiger partial charge in [-0.25, -0.2) is 17.7 Å². The van der Waals surface area contributed by atoms with Crippen molar-refractivity contribution in [1.29, 1.82) is 0 Å². The van der Waals surface area contributed by atoms with Crippen molar-refractivity contribution < 1.29 is 8.42 Å². The molecule has 0 unspecified atom stereocenters. The number of hydrogen-bond donors (Lipinski definition) is 1. The fraction of sp³-hybridized carbons (Fsp3) is 0.412. The number of rotatable bonds is 4. The Bertz CT molecular complexity index is 983. The minimum atomic E-state index is -3.07. The van der Waals surface area contributed by atoms with Gasteiger partial charge >= 0.3 is 0 Å². The average molecular weight is 359 g/mol. The molecule has 0 saturated carbocycles. The second-order valence-electron chi connectivity index (χ2n) is 6.65. The molecule has 3 aromatic heterocycles. The smallest absolute Gasteiger partial charge is 0.211 e. The van der Waals surface area contributed by atoms with E-state index >= 15 is 0 Å². The Balaban J connectivity index is 1.47. The summed E-state index contributed by atoms with van der Waals surface area (Å²) in [5, 5.41) is 5.59. The van der Waals surface area contributed by atoms with Crippen LogP contribution >= 0.6 is 0 Å². The number of fused-ring (bicyclic) bond motifs is 1. The Morgan fingerprint density at radius 2 is 2.08 bits per heavy atom. The molecule has 0 aliphatic carbocycles. The monoisotopic (exact) mass is 359 g/mol. The normalized spacial score (nSPS) is 17.3. The highest BCUT2D eigenvalue weighted by Crippen LogP contribution is 2.27. The summed E-state index contributed by atoms with van der Waals surface area (Å²) in [5.74, 6) is 0.454. The van der Waals surface area contributed by atoms with Crippen molar-refractivity contribution >= 4 is 21.1 Å². The van der Waals surface area contributed by atoms with Gasteiger partial charge < -0.3 is 4.98 Å². The maximum absolute atomic E-state index is 11.6. The second kappa shape index (κ2) is 6.27. The Morgan fingerprint density at radius 1 is 1.28 bits per heavy atom. The highest BCUT2D eigenvalue weighted by atomic mass is 32.2. The molecular formula is C17H21N5O2S. The number of nitrogens with one attached hydrogen (secondary N) is 1. The first-order valence-corrected chi connectivity index (χ1v) is 10.3. The fourth-order valence-corrected chi connectivity index (χ4v) is 4.38. The molecule has 1 aliphatic rings. The van der Waals surface area contributed by atoms with Crippen LogP contribution < -0.4 is 0 Å². The largest absolute Gasteiger partial charge is 0.346 e. The first kappa shape index (κ1) is 16.3. The average Bonchev–Trinajstić information content (AvgIpc) is 3.23. The predicted octanol–water partition coefficient (Wildman–Crippen LogP) is 2.10. The molecule has 25 heavy (non-hydrogen) atoms. The maximum Gasteiger partial charge on any atom is 0.211 e. The highest BCUT2D eigenvalue weighted by molar-refractivity contribution is 7.88. The number of pyridine rings is 1. The van der Waals surface area contributed by atoms with Crippen LogP contribution in [0.5, 0.6) is 0 Å². The molecular weight excluding hydrogens is 338 g/mol. The molecule has 4 heterocycles. The Kier molecular flexibility index (Phi) is 4.09. The number of aromatic amines is 1. The zero-order valence-electron chi connectivity index (χ0n) is 14.1. The number of H-pyrrole nitrogens is 1. The zero-order chi connectivity index (χ0) is 17.4. The third-order valence-electron chi connectivity index (χ3n) is 4.89. The number of sulfonamides is 1. The maximum atomic E-state index is 11.6. The highest BCUT2D eigenvalue weighted by Gasteiger charge is 2.25. The van der Waals surface area contributed by atoms with Crippen molar-refractivity contribution in [3.8, 4) is 11.1 Å². The minimum absolute atomic E-state index is 0.454. The molecule has 0 spiro atoms. The van der Waals surface area contributed by atoms with Crippen LogP contribution in [0.15, 0.2) is 36.9 Å². The van der Waals surface area contributed by atoms with E-state index in [2.05, 4.69) is 21.3 Å². The van der Waals surface area contributed by atoms with Gasteiger partial charge in [-0.1, -0.05) is 0 Å². The van der Waals surface area contributed by atoms with Crippen LogP contribution in [-0.4, -0.2) is 51.8 Å². The summed E-state index contributed by atoms with van der Waals surface area (Å²) >= 11 is 0. The van der Waals surface area contributed by atoms with Crippen LogP contribution in [0.3, 0.4) is 0 Å².